The van der Waals surface area contributed by atoms with E-state index in [0.717, 1.165) is 12.8 Å². The molecule has 0 aliphatic heterocycles. The van der Waals surface area contributed by atoms with Crippen molar-refractivity contribution in [3.05, 3.63) is 0 Å². The zero-order chi connectivity index (χ0) is 10.5. The van der Waals surface area contributed by atoms with Gasteiger partial charge in [-0.2, -0.15) is 0 Å². The van der Waals surface area contributed by atoms with Gasteiger partial charge in [0, 0.05) is 10.6 Å². The number of halogens is 1. The molecule has 0 heterocycles. The van der Waals surface area contributed by atoms with Crippen molar-refractivity contribution in [1.82, 2.24) is 0 Å². The molecule has 0 aromatic heterocycles. The Balaban J connectivity index is 4.00. The van der Waals surface area contributed by atoms with Gasteiger partial charge in [-0.05, 0) is 12.3 Å². The van der Waals surface area contributed by atoms with Crippen LogP contribution in [-0.4, -0.2) is 24.8 Å². The normalized spacial score (nSPS) is 16.9. The van der Waals surface area contributed by atoms with Gasteiger partial charge in [0.05, 0.1) is 5.75 Å². The fraction of sp³-hybridized carbons (Fsp3) is 1.00. The minimum Gasteiger partial charge on any atom is -0.229 e. The van der Waals surface area contributed by atoms with Crippen LogP contribution in [0.25, 0.3) is 0 Å². The highest BCUT2D eigenvalue weighted by molar-refractivity contribution is 9.09. The third kappa shape index (κ3) is 5.68. The molecule has 0 aliphatic carbocycles. The van der Waals surface area contributed by atoms with Crippen molar-refractivity contribution in [2.45, 2.75) is 38.4 Å². The maximum atomic E-state index is 11.2. The van der Waals surface area contributed by atoms with Gasteiger partial charge in [0.25, 0.3) is 0 Å². The maximum absolute atomic E-state index is 11.2. The molecule has 0 saturated heterocycles. The molecule has 0 fully saturated rings. The van der Waals surface area contributed by atoms with E-state index in [2.05, 4.69) is 29.8 Å². The van der Waals surface area contributed by atoms with Crippen LogP contribution in [0.4, 0.5) is 0 Å². The minimum atomic E-state index is -2.78. The Kier molecular flexibility index (Phi) is 6.21. The summed E-state index contributed by atoms with van der Waals surface area (Å²) in [7, 11) is -2.78. The summed E-state index contributed by atoms with van der Waals surface area (Å²) in [6.45, 7) is 5.88. The average Bonchev–Trinajstić information content (AvgIpc) is 2.05. The molecule has 0 saturated carbocycles. The highest BCUT2D eigenvalue weighted by atomic mass is 79.9. The van der Waals surface area contributed by atoms with Crippen molar-refractivity contribution in [3.8, 4) is 0 Å². The van der Waals surface area contributed by atoms with Gasteiger partial charge in [-0.25, -0.2) is 8.42 Å². The van der Waals surface area contributed by atoms with Crippen molar-refractivity contribution in [2.75, 3.05) is 11.5 Å². The first-order chi connectivity index (χ1) is 5.93. The van der Waals surface area contributed by atoms with E-state index >= 15 is 0 Å². The van der Waals surface area contributed by atoms with Gasteiger partial charge in [-0.1, -0.05) is 43.1 Å². The van der Waals surface area contributed by atoms with Crippen LogP contribution < -0.4 is 0 Å². The van der Waals surface area contributed by atoms with Gasteiger partial charge >= 0.3 is 0 Å². The van der Waals surface area contributed by atoms with E-state index in [4.69, 9.17) is 0 Å². The Morgan fingerprint density at radius 2 is 1.85 bits per heavy atom. The number of hydrogen-bond acceptors (Lipinski definition) is 2. The first kappa shape index (κ1) is 13.4. The SMILES string of the molecule is CCC(CCS(=O)(=O)CC)C(C)Br. The molecule has 0 rings (SSSR count). The van der Waals surface area contributed by atoms with Crippen molar-refractivity contribution in [1.29, 1.82) is 0 Å². The summed E-state index contributed by atoms with van der Waals surface area (Å²) in [6, 6.07) is 0. The number of alkyl halides is 1. The Labute approximate surface area is 90.2 Å². The van der Waals surface area contributed by atoms with Gasteiger partial charge < -0.3 is 0 Å². The molecule has 80 valence electrons. The van der Waals surface area contributed by atoms with Gasteiger partial charge in [0.2, 0.25) is 0 Å². The molecule has 2 atom stereocenters. The molecule has 0 amide bonds. The van der Waals surface area contributed by atoms with Crippen LogP contribution in [0, 0.1) is 5.92 Å². The van der Waals surface area contributed by atoms with Crippen molar-refractivity contribution < 1.29 is 8.42 Å². The van der Waals surface area contributed by atoms with E-state index in [0.29, 0.717) is 16.5 Å². The lowest BCUT2D eigenvalue weighted by Crippen LogP contribution is -2.17. The smallest absolute Gasteiger partial charge is 0.150 e. The summed E-state index contributed by atoms with van der Waals surface area (Å²) in [6.07, 6.45) is 1.81. The predicted molar refractivity (Wildman–Crippen MR) is 61.1 cm³/mol. The molecule has 0 aliphatic rings. The fourth-order valence-electron chi connectivity index (χ4n) is 1.23. The standard InChI is InChI=1S/C9H19BrO2S/c1-4-9(8(3)10)6-7-13(11,12)5-2/h8-9H,4-7H2,1-3H3. The zero-order valence-corrected chi connectivity index (χ0v) is 11.0. The Hall–Kier alpha value is 0.430. The first-order valence-electron chi connectivity index (χ1n) is 4.77. The summed E-state index contributed by atoms with van der Waals surface area (Å²) < 4.78 is 22.5. The summed E-state index contributed by atoms with van der Waals surface area (Å²) in [5.74, 6) is 1.07. The topological polar surface area (TPSA) is 34.1 Å². The molecule has 2 unspecified atom stereocenters. The summed E-state index contributed by atoms with van der Waals surface area (Å²) >= 11 is 3.50. The average molecular weight is 271 g/mol. The second-order valence-electron chi connectivity index (χ2n) is 3.37. The molecule has 0 N–H and O–H groups in total. The van der Waals surface area contributed by atoms with Crippen LogP contribution in [0.5, 0.6) is 0 Å². The van der Waals surface area contributed by atoms with Crippen molar-refractivity contribution in [3.63, 3.8) is 0 Å². The molecular formula is C9H19BrO2S. The molecule has 0 spiro atoms. The van der Waals surface area contributed by atoms with Gasteiger partial charge in [-0.15, -0.1) is 0 Å². The molecule has 0 bridgehead atoms. The van der Waals surface area contributed by atoms with Crippen LogP contribution >= 0.6 is 15.9 Å². The lowest BCUT2D eigenvalue weighted by atomic mass is 10.0. The van der Waals surface area contributed by atoms with Crippen molar-refractivity contribution >= 4 is 25.8 Å². The Morgan fingerprint density at radius 3 is 2.15 bits per heavy atom. The molecule has 2 nitrogen and oxygen atoms in total. The highest BCUT2D eigenvalue weighted by Crippen LogP contribution is 2.20. The minimum absolute atomic E-state index is 0.264. The van der Waals surface area contributed by atoms with E-state index in [-0.39, 0.29) is 5.75 Å². The Morgan fingerprint density at radius 1 is 1.31 bits per heavy atom. The summed E-state index contributed by atoms with van der Waals surface area (Å²) in [4.78, 5) is 0.407. The molecule has 0 aromatic rings. The van der Waals surface area contributed by atoms with Gasteiger partial charge in [0.15, 0.2) is 0 Å². The quantitative estimate of drug-likeness (QED) is 0.696. The zero-order valence-electron chi connectivity index (χ0n) is 8.59. The Bertz CT molecular complexity index is 222. The summed E-state index contributed by atoms with van der Waals surface area (Å²) in [5, 5.41) is 0. The maximum Gasteiger partial charge on any atom is 0.150 e. The van der Waals surface area contributed by atoms with Crippen LogP contribution in [0.2, 0.25) is 0 Å². The van der Waals surface area contributed by atoms with E-state index < -0.39 is 9.84 Å². The second-order valence-corrected chi connectivity index (χ2v) is 7.29. The molecule has 0 radical (unpaired) electrons. The first-order valence-corrected chi connectivity index (χ1v) is 7.51. The van der Waals surface area contributed by atoms with Crippen LogP contribution in [-0.2, 0) is 9.84 Å². The van der Waals surface area contributed by atoms with E-state index in [9.17, 15) is 8.42 Å². The van der Waals surface area contributed by atoms with Crippen LogP contribution in [0.15, 0.2) is 0 Å². The van der Waals surface area contributed by atoms with Gasteiger partial charge in [-0.3, -0.25) is 0 Å². The second kappa shape index (κ2) is 6.02. The van der Waals surface area contributed by atoms with Gasteiger partial charge in [0.1, 0.15) is 9.84 Å². The van der Waals surface area contributed by atoms with E-state index in [1.807, 2.05) is 0 Å². The third-order valence-electron chi connectivity index (χ3n) is 2.41. The lowest BCUT2D eigenvalue weighted by Gasteiger charge is -2.16. The number of rotatable bonds is 6. The predicted octanol–water partition coefficient (Wildman–Crippen LogP) is 2.62. The number of hydrogen-bond donors (Lipinski definition) is 0. The molecular weight excluding hydrogens is 252 g/mol. The van der Waals surface area contributed by atoms with Crippen LogP contribution in [0.1, 0.15) is 33.6 Å². The molecule has 0 aromatic carbocycles. The number of sulfone groups is 1. The molecule has 4 heteroatoms. The largest absolute Gasteiger partial charge is 0.229 e. The molecule has 13 heavy (non-hydrogen) atoms. The summed E-state index contributed by atoms with van der Waals surface area (Å²) in [5.41, 5.74) is 0. The lowest BCUT2D eigenvalue weighted by molar-refractivity contribution is 0.490. The fourth-order valence-corrected chi connectivity index (χ4v) is 2.82. The van der Waals surface area contributed by atoms with E-state index in [1.165, 1.54) is 0 Å². The third-order valence-corrected chi connectivity index (χ3v) is 4.90. The van der Waals surface area contributed by atoms with E-state index in [1.54, 1.807) is 6.92 Å². The van der Waals surface area contributed by atoms with Crippen LogP contribution in [0.3, 0.4) is 0 Å². The monoisotopic (exact) mass is 270 g/mol. The highest BCUT2D eigenvalue weighted by Gasteiger charge is 2.16. The van der Waals surface area contributed by atoms with Crippen molar-refractivity contribution in [2.24, 2.45) is 5.92 Å².